The van der Waals surface area contributed by atoms with Crippen molar-refractivity contribution >= 4 is 40.9 Å². The zero-order valence-electron chi connectivity index (χ0n) is 17.7. The Balaban J connectivity index is 2.38. The fraction of sp³-hybridized carbons (Fsp3) is 0.650. The molecule has 6 nitrogen and oxygen atoms in total. The number of rotatable bonds is 6. The van der Waals surface area contributed by atoms with Crippen LogP contribution in [0.5, 0.6) is 0 Å². The summed E-state index contributed by atoms with van der Waals surface area (Å²) in [7, 11) is 5.35. The molecule has 1 saturated carbocycles. The van der Waals surface area contributed by atoms with Crippen LogP contribution in [0, 0.1) is 5.92 Å². The van der Waals surface area contributed by atoms with Crippen LogP contribution in [0.4, 0.5) is 5.82 Å². The van der Waals surface area contributed by atoms with Crippen molar-refractivity contribution in [3.8, 4) is 0 Å². The molecule has 1 atom stereocenters. The van der Waals surface area contributed by atoms with Gasteiger partial charge in [-0.2, -0.15) is 0 Å². The van der Waals surface area contributed by atoms with Gasteiger partial charge in [-0.3, -0.25) is 4.79 Å². The molecular formula is C20H31ClN4O2S. The fourth-order valence-electron chi connectivity index (χ4n) is 3.18. The van der Waals surface area contributed by atoms with E-state index in [1.54, 1.807) is 20.2 Å². The molecular weight excluding hydrogens is 396 g/mol. The highest BCUT2D eigenvalue weighted by molar-refractivity contribution is 7.91. The standard InChI is InChI=1S/C20H31ClN4O2S/c1-20(2,3)28(27)22-12-16-15(19(26)24(4)5)11-17(23-18(16)21)25(6)13-14-9-7-8-10-14/h11-12,14H,7-10,13H2,1-6H3. The lowest BCUT2D eigenvalue weighted by Crippen LogP contribution is -2.28. The van der Waals surface area contributed by atoms with Gasteiger partial charge in [0, 0.05) is 33.3 Å². The number of nitrogens with zero attached hydrogens (tertiary/aromatic N) is 4. The van der Waals surface area contributed by atoms with Crippen LogP contribution in [0.3, 0.4) is 0 Å². The first kappa shape index (κ1) is 23.0. The van der Waals surface area contributed by atoms with Gasteiger partial charge in [-0.15, -0.1) is 0 Å². The molecule has 1 aliphatic rings. The molecule has 1 unspecified atom stereocenters. The molecule has 8 heteroatoms. The van der Waals surface area contributed by atoms with Crippen molar-refractivity contribution in [2.24, 2.45) is 10.3 Å². The molecule has 156 valence electrons. The second kappa shape index (κ2) is 9.46. The van der Waals surface area contributed by atoms with E-state index < -0.39 is 16.1 Å². The lowest BCUT2D eigenvalue weighted by molar-refractivity contribution is 0.0827. The van der Waals surface area contributed by atoms with Crippen molar-refractivity contribution in [1.82, 2.24) is 9.88 Å². The van der Waals surface area contributed by atoms with Gasteiger partial charge in [-0.25, -0.2) is 4.98 Å². The summed E-state index contributed by atoms with van der Waals surface area (Å²) < 4.78 is 15.9. The summed E-state index contributed by atoms with van der Waals surface area (Å²) in [6.07, 6.45) is 6.42. The van der Waals surface area contributed by atoms with E-state index in [1.165, 1.54) is 36.8 Å². The van der Waals surface area contributed by atoms with E-state index >= 15 is 0 Å². The highest BCUT2D eigenvalue weighted by atomic mass is 35.5. The minimum Gasteiger partial charge on any atom is -0.591 e. The van der Waals surface area contributed by atoms with E-state index in [4.69, 9.17) is 11.6 Å². The number of hydrogen-bond acceptors (Lipinski definition) is 5. The van der Waals surface area contributed by atoms with Gasteiger partial charge in [0.15, 0.2) is 0 Å². The lowest BCUT2D eigenvalue weighted by Gasteiger charge is -2.24. The minimum absolute atomic E-state index is 0.190. The zero-order chi connectivity index (χ0) is 21.1. The zero-order valence-corrected chi connectivity index (χ0v) is 19.2. The molecule has 1 aromatic rings. The number of anilines is 1. The molecule has 0 aliphatic heterocycles. The molecule has 1 aliphatic carbocycles. The molecule has 0 radical (unpaired) electrons. The number of halogens is 1. The number of pyridine rings is 1. The number of carbonyl (C=O) groups excluding carboxylic acids is 1. The number of amides is 1. The van der Waals surface area contributed by atoms with E-state index in [1.807, 2.05) is 27.8 Å². The van der Waals surface area contributed by atoms with Crippen molar-refractivity contribution in [3.63, 3.8) is 0 Å². The number of carbonyl (C=O) groups is 1. The van der Waals surface area contributed by atoms with Crippen molar-refractivity contribution in [2.75, 3.05) is 32.6 Å². The Hall–Kier alpha value is -1.31. The van der Waals surface area contributed by atoms with Crippen molar-refractivity contribution in [2.45, 2.75) is 51.2 Å². The Morgan fingerprint density at radius 3 is 2.50 bits per heavy atom. The maximum atomic E-state index is 12.8. The first-order valence-corrected chi connectivity index (χ1v) is 11.1. The Labute approximate surface area is 176 Å². The molecule has 1 amide bonds. The maximum Gasteiger partial charge on any atom is 0.254 e. The molecule has 1 aromatic heterocycles. The largest absolute Gasteiger partial charge is 0.591 e. The summed E-state index contributed by atoms with van der Waals surface area (Å²) >= 11 is 4.99. The van der Waals surface area contributed by atoms with Crippen LogP contribution in [-0.2, 0) is 11.4 Å². The maximum absolute atomic E-state index is 12.8. The molecule has 28 heavy (non-hydrogen) atoms. The Morgan fingerprint density at radius 1 is 1.36 bits per heavy atom. The molecule has 0 saturated heterocycles. The first-order chi connectivity index (χ1) is 13.0. The third-order valence-electron chi connectivity index (χ3n) is 4.83. The molecule has 1 fully saturated rings. The summed E-state index contributed by atoms with van der Waals surface area (Å²) in [5, 5.41) is 0.190. The Morgan fingerprint density at radius 2 is 1.96 bits per heavy atom. The quantitative estimate of drug-likeness (QED) is 0.392. The second-order valence-electron chi connectivity index (χ2n) is 8.56. The van der Waals surface area contributed by atoms with Gasteiger partial charge in [0.2, 0.25) is 0 Å². The highest BCUT2D eigenvalue weighted by Gasteiger charge is 2.27. The summed E-state index contributed by atoms with van der Waals surface area (Å²) in [6.45, 7) is 6.41. The first-order valence-electron chi connectivity index (χ1n) is 9.60. The van der Waals surface area contributed by atoms with Gasteiger partial charge in [0.05, 0.1) is 11.8 Å². The Bertz CT molecular complexity index is 728. The van der Waals surface area contributed by atoms with E-state index in [0.29, 0.717) is 22.9 Å². The minimum atomic E-state index is -1.45. The molecule has 1 heterocycles. The SMILES string of the molecule is CN(C)C(=O)c1cc(N(C)CC2CCCC2)nc(Cl)c1C=N[S+]([O-])C(C)(C)C. The number of aromatic nitrogens is 1. The van der Waals surface area contributed by atoms with E-state index in [9.17, 15) is 9.35 Å². The van der Waals surface area contributed by atoms with Crippen molar-refractivity contribution in [1.29, 1.82) is 0 Å². The molecule has 0 spiro atoms. The highest BCUT2D eigenvalue weighted by Crippen LogP contribution is 2.29. The second-order valence-corrected chi connectivity index (χ2v) is 10.9. The molecule has 0 bridgehead atoms. The average molecular weight is 427 g/mol. The normalized spacial score (nSPS) is 16.6. The fourth-order valence-corrected chi connectivity index (χ4v) is 3.93. The smallest absolute Gasteiger partial charge is 0.254 e. The van der Waals surface area contributed by atoms with Crippen LogP contribution < -0.4 is 4.90 Å². The summed E-state index contributed by atoms with van der Waals surface area (Å²) in [5.74, 6) is 1.12. The van der Waals surface area contributed by atoms with Crippen LogP contribution >= 0.6 is 11.6 Å². The van der Waals surface area contributed by atoms with E-state index in [0.717, 1.165) is 6.54 Å². The molecule has 0 N–H and O–H groups in total. The average Bonchev–Trinajstić information content (AvgIpc) is 3.11. The van der Waals surface area contributed by atoms with Gasteiger partial charge in [-0.05, 0) is 45.6 Å². The third kappa shape index (κ3) is 5.84. The summed E-state index contributed by atoms with van der Waals surface area (Å²) in [6, 6.07) is 1.75. The van der Waals surface area contributed by atoms with Crippen molar-refractivity contribution < 1.29 is 9.35 Å². The molecule has 2 rings (SSSR count). The van der Waals surface area contributed by atoms with Crippen LogP contribution in [0.2, 0.25) is 5.15 Å². The van der Waals surface area contributed by atoms with Gasteiger partial charge < -0.3 is 14.4 Å². The van der Waals surface area contributed by atoms with E-state index in [-0.39, 0.29) is 11.1 Å². The topological polar surface area (TPSA) is 71.9 Å². The van der Waals surface area contributed by atoms with Gasteiger partial charge in [0.25, 0.3) is 5.91 Å². The summed E-state index contributed by atoms with van der Waals surface area (Å²) in [4.78, 5) is 20.8. The van der Waals surface area contributed by atoms with Crippen LogP contribution in [0.25, 0.3) is 0 Å². The monoisotopic (exact) mass is 426 g/mol. The van der Waals surface area contributed by atoms with Crippen LogP contribution in [0.1, 0.15) is 62.4 Å². The van der Waals surface area contributed by atoms with Gasteiger partial charge in [-0.1, -0.05) is 28.8 Å². The van der Waals surface area contributed by atoms with Crippen LogP contribution in [-0.4, -0.2) is 59.0 Å². The Kier molecular flexibility index (Phi) is 7.76. The van der Waals surface area contributed by atoms with Crippen LogP contribution in [0.15, 0.2) is 10.5 Å². The van der Waals surface area contributed by atoms with Crippen molar-refractivity contribution in [3.05, 3.63) is 22.3 Å². The van der Waals surface area contributed by atoms with E-state index in [2.05, 4.69) is 14.3 Å². The lowest BCUT2D eigenvalue weighted by atomic mass is 10.1. The third-order valence-corrected chi connectivity index (χ3v) is 6.47. The van der Waals surface area contributed by atoms with Gasteiger partial charge >= 0.3 is 0 Å². The predicted octanol–water partition coefficient (Wildman–Crippen LogP) is 3.94. The van der Waals surface area contributed by atoms with Gasteiger partial charge in [0.1, 0.15) is 27.1 Å². The predicted molar refractivity (Wildman–Crippen MR) is 118 cm³/mol. The number of hydrogen-bond donors (Lipinski definition) is 0. The summed E-state index contributed by atoms with van der Waals surface area (Å²) in [5.41, 5.74) is 0.809. The molecule has 0 aromatic carbocycles.